The van der Waals surface area contributed by atoms with Gasteiger partial charge in [-0.2, -0.15) is 0 Å². The largest absolute Gasteiger partial charge is 0.494 e. The zero-order chi connectivity index (χ0) is 18.0. The van der Waals surface area contributed by atoms with E-state index in [9.17, 15) is 4.79 Å². The van der Waals surface area contributed by atoms with Crippen LogP contribution in [0.1, 0.15) is 21.7 Å². The third-order valence-corrected chi connectivity index (χ3v) is 4.11. The van der Waals surface area contributed by atoms with Crippen molar-refractivity contribution >= 4 is 23.2 Å². The van der Waals surface area contributed by atoms with Gasteiger partial charge in [-0.15, -0.1) is 5.10 Å². The lowest BCUT2D eigenvalue weighted by molar-refractivity contribution is 0.102. The number of para-hydroxylation sites is 2. The minimum absolute atomic E-state index is 0.241. The summed E-state index contributed by atoms with van der Waals surface area (Å²) < 4.78 is 6.93. The molecule has 1 N–H and O–H groups in total. The Morgan fingerprint density at radius 1 is 1.20 bits per heavy atom. The summed E-state index contributed by atoms with van der Waals surface area (Å²) in [5.74, 6) is 0.303. The molecule has 0 spiro atoms. The molecule has 128 valence electrons. The fraction of sp³-hybridized carbons (Fsp3) is 0.167. The standard InChI is InChI=1S/C18H17ClN4O2/c1-11-8-9-13(19)10-14(11)20-18(24)17-12(2)23(22-21-17)15-6-4-5-7-16(15)25-3/h4-10H,1-3H3,(H,20,24). The minimum atomic E-state index is -0.344. The second-order valence-corrected chi connectivity index (χ2v) is 5.96. The first-order valence-corrected chi connectivity index (χ1v) is 8.02. The Labute approximate surface area is 150 Å². The number of amides is 1. The molecule has 0 bridgehead atoms. The van der Waals surface area contributed by atoms with Gasteiger partial charge in [-0.25, -0.2) is 4.68 Å². The van der Waals surface area contributed by atoms with Crippen LogP contribution in [0.25, 0.3) is 5.69 Å². The van der Waals surface area contributed by atoms with Gasteiger partial charge in [-0.3, -0.25) is 4.79 Å². The average Bonchev–Trinajstić information content (AvgIpc) is 2.99. The fourth-order valence-corrected chi connectivity index (χ4v) is 2.66. The van der Waals surface area contributed by atoms with Crippen LogP contribution in [-0.4, -0.2) is 28.0 Å². The highest BCUT2D eigenvalue weighted by molar-refractivity contribution is 6.31. The minimum Gasteiger partial charge on any atom is -0.494 e. The molecule has 3 aromatic rings. The SMILES string of the molecule is COc1ccccc1-n1nnc(C(=O)Nc2cc(Cl)ccc2C)c1C. The molecule has 1 heterocycles. The number of carbonyl (C=O) groups excluding carboxylic acids is 1. The number of aryl methyl sites for hydroxylation is 1. The summed E-state index contributed by atoms with van der Waals surface area (Å²) >= 11 is 6.00. The molecule has 0 aliphatic rings. The Bertz CT molecular complexity index is 937. The van der Waals surface area contributed by atoms with E-state index >= 15 is 0 Å². The number of nitrogens with one attached hydrogen (secondary N) is 1. The zero-order valence-electron chi connectivity index (χ0n) is 14.1. The first-order chi connectivity index (χ1) is 12.0. The number of ether oxygens (including phenoxy) is 1. The number of anilines is 1. The first kappa shape index (κ1) is 17.0. The maximum absolute atomic E-state index is 12.6. The number of hydrogen-bond donors (Lipinski definition) is 1. The number of hydrogen-bond acceptors (Lipinski definition) is 4. The topological polar surface area (TPSA) is 69.0 Å². The summed E-state index contributed by atoms with van der Waals surface area (Å²) in [5.41, 5.74) is 3.12. The van der Waals surface area contributed by atoms with Crippen LogP contribution in [0.4, 0.5) is 5.69 Å². The number of aromatic nitrogens is 3. The van der Waals surface area contributed by atoms with Gasteiger partial charge in [0.2, 0.25) is 0 Å². The number of nitrogens with zero attached hydrogens (tertiary/aromatic N) is 3. The van der Waals surface area contributed by atoms with Crippen LogP contribution in [0.5, 0.6) is 5.75 Å². The normalized spacial score (nSPS) is 10.6. The van der Waals surface area contributed by atoms with E-state index in [1.807, 2.05) is 37.3 Å². The molecular formula is C18H17ClN4O2. The maximum Gasteiger partial charge on any atom is 0.278 e. The number of halogens is 1. The Balaban J connectivity index is 1.93. The van der Waals surface area contributed by atoms with E-state index in [-0.39, 0.29) is 11.6 Å². The number of benzene rings is 2. The van der Waals surface area contributed by atoms with Gasteiger partial charge >= 0.3 is 0 Å². The lowest BCUT2D eigenvalue weighted by atomic mass is 10.2. The highest BCUT2D eigenvalue weighted by Crippen LogP contribution is 2.24. The van der Waals surface area contributed by atoms with Crippen LogP contribution in [0, 0.1) is 13.8 Å². The van der Waals surface area contributed by atoms with Crippen LogP contribution in [0.2, 0.25) is 5.02 Å². The molecule has 0 unspecified atom stereocenters. The van der Waals surface area contributed by atoms with Gasteiger partial charge in [0, 0.05) is 10.7 Å². The average molecular weight is 357 g/mol. The summed E-state index contributed by atoms with van der Waals surface area (Å²) in [6, 6.07) is 12.7. The van der Waals surface area contributed by atoms with E-state index in [2.05, 4.69) is 15.6 Å². The van der Waals surface area contributed by atoms with Crippen molar-refractivity contribution < 1.29 is 9.53 Å². The molecule has 0 aliphatic heterocycles. The van der Waals surface area contributed by atoms with Gasteiger partial charge in [-0.1, -0.05) is 35.0 Å². The predicted octanol–water partition coefficient (Wildman–Crippen LogP) is 3.80. The quantitative estimate of drug-likeness (QED) is 0.772. The van der Waals surface area contributed by atoms with Crippen LogP contribution in [0.3, 0.4) is 0 Å². The van der Waals surface area contributed by atoms with Gasteiger partial charge in [0.1, 0.15) is 11.4 Å². The summed E-state index contributed by atoms with van der Waals surface area (Å²) in [7, 11) is 1.58. The number of rotatable bonds is 4. The smallest absolute Gasteiger partial charge is 0.278 e. The van der Waals surface area contributed by atoms with E-state index in [0.717, 1.165) is 5.56 Å². The van der Waals surface area contributed by atoms with Crippen molar-refractivity contribution in [2.45, 2.75) is 13.8 Å². The van der Waals surface area contributed by atoms with Crippen LogP contribution >= 0.6 is 11.6 Å². The zero-order valence-corrected chi connectivity index (χ0v) is 14.8. The molecule has 0 aliphatic carbocycles. The third-order valence-electron chi connectivity index (χ3n) is 3.87. The van der Waals surface area contributed by atoms with Gasteiger partial charge in [0.15, 0.2) is 5.69 Å². The molecule has 2 aromatic carbocycles. The van der Waals surface area contributed by atoms with E-state index in [1.54, 1.807) is 30.8 Å². The lowest BCUT2D eigenvalue weighted by Crippen LogP contribution is -2.15. The van der Waals surface area contributed by atoms with E-state index < -0.39 is 0 Å². The summed E-state index contributed by atoms with van der Waals surface area (Å²) in [5, 5.41) is 11.5. The molecule has 0 saturated carbocycles. The molecular weight excluding hydrogens is 340 g/mol. The summed E-state index contributed by atoms with van der Waals surface area (Å²) in [6.07, 6.45) is 0. The summed E-state index contributed by atoms with van der Waals surface area (Å²) in [6.45, 7) is 3.68. The van der Waals surface area contributed by atoms with Crippen LogP contribution in [-0.2, 0) is 0 Å². The Morgan fingerprint density at radius 3 is 2.72 bits per heavy atom. The first-order valence-electron chi connectivity index (χ1n) is 7.64. The Kier molecular flexibility index (Phi) is 4.72. The lowest BCUT2D eigenvalue weighted by Gasteiger charge is -2.10. The second-order valence-electron chi connectivity index (χ2n) is 5.52. The van der Waals surface area contributed by atoms with Gasteiger partial charge in [-0.05, 0) is 43.7 Å². The van der Waals surface area contributed by atoms with Crippen molar-refractivity contribution in [3.05, 3.63) is 64.4 Å². The van der Waals surface area contributed by atoms with Crippen molar-refractivity contribution in [3.8, 4) is 11.4 Å². The Hall–Kier alpha value is -2.86. The Morgan fingerprint density at radius 2 is 1.96 bits per heavy atom. The molecule has 25 heavy (non-hydrogen) atoms. The van der Waals surface area contributed by atoms with Gasteiger partial charge in [0.05, 0.1) is 12.8 Å². The van der Waals surface area contributed by atoms with Crippen LogP contribution in [0.15, 0.2) is 42.5 Å². The van der Waals surface area contributed by atoms with Crippen molar-refractivity contribution in [1.82, 2.24) is 15.0 Å². The van der Waals surface area contributed by atoms with Crippen molar-refractivity contribution in [2.24, 2.45) is 0 Å². The maximum atomic E-state index is 12.6. The molecule has 6 nitrogen and oxygen atoms in total. The molecule has 7 heteroatoms. The second kappa shape index (κ2) is 6.94. The monoisotopic (exact) mass is 356 g/mol. The van der Waals surface area contributed by atoms with Crippen molar-refractivity contribution in [3.63, 3.8) is 0 Å². The molecule has 0 fully saturated rings. The molecule has 3 rings (SSSR count). The highest BCUT2D eigenvalue weighted by Gasteiger charge is 2.19. The molecule has 1 aromatic heterocycles. The third kappa shape index (κ3) is 3.34. The van der Waals surface area contributed by atoms with E-state index in [0.29, 0.717) is 27.8 Å². The van der Waals surface area contributed by atoms with Crippen molar-refractivity contribution in [2.75, 3.05) is 12.4 Å². The molecule has 0 radical (unpaired) electrons. The highest BCUT2D eigenvalue weighted by atomic mass is 35.5. The molecule has 0 atom stereocenters. The summed E-state index contributed by atoms with van der Waals surface area (Å²) in [4.78, 5) is 12.6. The van der Waals surface area contributed by atoms with E-state index in [4.69, 9.17) is 16.3 Å². The molecule has 0 saturated heterocycles. The van der Waals surface area contributed by atoms with Crippen molar-refractivity contribution in [1.29, 1.82) is 0 Å². The predicted molar refractivity (Wildman–Crippen MR) is 96.8 cm³/mol. The van der Waals surface area contributed by atoms with E-state index in [1.165, 1.54) is 0 Å². The van der Waals surface area contributed by atoms with Crippen LogP contribution < -0.4 is 10.1 Å². The fourth-order valence-electron chi connectivity index (χ4n) is 2.48. The van der Waals surface area contributed by atoms with Gasteiger partial charge < -0.3 is 10.1 Å². The molecule has 1 amide bonds. The number of carbonyl (C=O) groups is 1. The number of methoxy groups -OCH3 is 1. The van der Waals surface area contributed by atoms with Gasteiger partial charge in [0.25, 0.3) is 5.91 Å².